The summed E-state index contributed by atoms with van der Waals surface area (Å²) >= 11 is 0. The summed E-state index contributed by atoms with van der Waals surface area (Å²) in [5.41, 5.74) is 0. The minimum Gasteiger partial charge on any atom is -1.00 e. The Morgan fingerprint density at radius 1 is 1.89 bits per heavy atom. The van der Waals surface area contributed by atoms with Gasteiger partial charge in [-0.3, -0.25) is 0 Å². The average molecular weight is 154 g/mol. The van der Waals surface area contributed by atoms with Crippen LogP contribution in [0.25, 0.3) is 0 Å². The van der Waals surface area contributed by atoms with Gasteiger partial charge in [0.25, 0.3) is 0 Å². The second-order valence-electron chi connectivity index (χ2n) is 1.37. The number of hydrogen-bond acceptors (Lipinski definition) is 2. The largest absolute Gasteiger partial charge is 1.00 e. The summed E-state index contributed by atoms with van der Waals surface area (Å²) < 4.78 is 4.58. The molecule has 48 valence electrons. The first kappa shape index (κ1) is 12.5. The van der Waals surface area contributed by atoms with Crippen LogP contribution in [-0.2, 0) is 9.53 Å². The maximum absolute atomic E-state index is 10.2. The molecule has 0 aromatic carbocycles. The van der Waals surface area contributed by atoms with Crippen molar-refractivity contribution < 1.29 is 62.3 Å². The zero-order chi connectivity index (χ0) is 6.41. The van der Waals surface area contributed by atoms with E-state index in [1.165, 1.54) is 0 Å². The van der Waals surface area contributed by atoms with Gasteiger partial charge in [0.1, 0.15) is 0 Å². The molecule has 0 saturated heterocycles. The fraction of sp³-hybridized carbons (Fsp3) is 0.500. The summed E-state index contributed by atoms with van der Waals surface area (Å²) in [5, 5.41) is 0. The Labute approximate surface area is 99.6 Å². The Morgan fingerprint density at radius 3 is 2.78 bits per heavy atom. The molecule has 0 aliphatic heterocycles. The van der Waals surface area contributed by atoms with Crippen molar-refractivity contribution in [2.45, 2.75) is 13.3 Å². The molecule has 0 rings (SSSR count). The first-order chi connectivity index (χ1) is 3.81. The quantitative estimate of drug-likeness (QED) is 0.273. The molecule has 0 aliphatic carbocycles. The third kappa shape index (κ3) is 8.85. The van der Waals surface area contributed by atoms with Crippen molar-refractivity contribution in [3.63, 3.8) is 0 Å². The van der Waals surface area contributed by atoms with Crippen molar-refractivity contribution in [3.05, 3.63) is 12.7 Å². The summed E-state index contributed by atoms with van der Waals surface area (Å²) in [6, 6.07) is 0. The number of ether oxygens (including phenoxy) is 1. The molecule has 0 heterocycles. The maximum Gasteiger partial charge on any atom is 1.00 e. The van der Waals surface area contributed by atoms with Crippen LogP contribution in [0.5, 0.6) is 0 Å². The number of hydrogen-bond donors (Lipinski definition) is 0. The Balaban J connectivity index is -0.000000245. The standard InChI is InChI=1S/C6H10O2.K.H/c1-3-5-8-6(7)4-2;;/h4H,2-3,5H2,1H3;;/q;+1;-1. The molecule has 0 spiro atoms. The smallest absolute Gasteiger partial charge is 1.00 e. The van der Waals surface area contributed by atoms with Gasteiger partial charge in [-0.1, -0.05) is 13.5 Å². The zero-order valence-corrected chi connectivity index (χ0v) is 9.14. The first-order valence-electron chi connectivity index (χ1n) is 2.60. The van der Waals surface area contributed by atoms with Gasteiger partial charge in [0.05, 0.1) is 6.61 Å². The molecular formula is C6H11KO2. The number of esters is 1. The topological polar surface area (TPSA) is 26.3 Å². The van der Waals surface area contributed by atoms with Gasteiger partial charge < -0.3 is 6.16 Å². The minimum atomic E-state index is -0.341. The maximum atomic E-state index is 10.2. The van der Waals surface area contributed by atoms with E-state index in [2.05, 4.69) is 11.3 Å². The summed E-state index contributed by atoms with van der Waals surface area (Å²) in [6.45, 7) is 5.67. The van der Waals surface area contributed by atoms with Crippen LogP contribution in [0.4, 0.5) is 0 Å². The summed E-state index contributed by atoms with van der Waals surface area (Å²) in [5.74, 6) is -0.341. The predicted molar refractivity (Wildman–Crippen MR) is 32.6 cm³/mol. The van der Waals surface area contributed by atoms with Crippen molar-refractivity contribution in [3.8, 4) is 0 Å². The molecule has 9 heavy (non-hydrogen) atoms. The first-order valence-corrected chi connectivity index (χ1v) is 2.60. The van der Waals surface area contributed by atoms with E-state index in [9.17, 15) is 4.79 Å². The fourth-order valence-electron chi connectivity index (χ4n) is 0.262. The van der Waals surface area contributed by atoms with Crippen molar-refractivity contribution in [2.75, 3.05) is 6.61 Å². The van der Waals surface area contributed by atoms with E-state index < -0.39 is 0 Å². The number of carbonyl (C=O) groups excluding carboxylic acids is 1. The van der Waals surface area contributed by atoms with E-state index in [4.69, 9.17) is 0 Å². The van der Waals surface area contributed by atoms with Crippen molar-refractivity contribution >= 4 is 5.97 Å². The Morgan fingerprint density at radius 2 is 2.44 bits per heavy atom. The Kier molecular flexibility index (Phi) is 12.3. The third-order valence-corrected chi connectivity index (χ3v) is 0.615. The Bertz CT molecular complexity index is 95.7. The van der Waals surface area contributed by atoms with E-state index in [-0.39, 0.29) is 58.8 Å². The molecule has 0 fully saturated rings. The van der Waals surface area contributed by atoms with Crippen molar-refractivity contribution in [1.82, 2.24) is 0 Å². The van der Waals surface area contributed by atoms with Gasteiger partial charge in [-0.2, -0.15) is 0 Å². The van der Waals surface area contributed by atoms with Crippen LogP contribution < -0.4 is 51.4 Å². The van der Waals surface area contributed by atoms with Crippen LogP contribution in [0.1, 0.15) is 14.8 Å². The molecule has 0 radical (unpaired) electrons. The zero-order valence-electron chi connectivity index (χ0n) is 7.02. The van der Waals surface area contributed by atoms with Gasteiger partial charge in [0.15, 0.2) is 0 Å². The second-order valence-corrected chi connectivity index (χ2v) is 1.37. The third-order valence-electron chi connectivity index (χ3n) is 0.615. The molecule has 0 amide bonds. The molecule has 0 aliphatic rings. The second kappa shape index (κ2) is 8.85. The van der Waals surface area contributed by atoms with E-state index in [1.807, 2.05) is 6.92 Å². The summed E-state index contributed by atoms with van der Waals surface area (Å²) in [7, 11) is 0. The predicted octanol–water partition coefficient (Wildman–Crippen LogP) is -1.76. The van der Waals surface area contributed by atoms with Crippen molar-refractivity contribution in [2.24, 2.45) is 0 Å². The van der Waals surface area contributed by atoms with Gasteiger partial charge in [-0.05, 0) is 6.42 Å². The van der Waals surface area contributed by atoms with E-state index in [0.29, 0.717) is 6.61 Å². The molecule has 0 unspecified atom stereocenters. The number of rotatable bonds is 3. The van der Waals surface area contributed by atoms with Crippen LogP contribution in [0, 0.1) is 0 Å². The van der Waals surface area contributed by atoms with Crippen LogP contribution in [0.15, 0.2) is 12.7 Å². The molecule has 0 atom stereocenters. The number of carbonyl (C=O) groups is 1. The van der Waals surface area contributed by atoms with Crippen LogP contribution in [0.3, 0.4) is 0 Å². The summed E-state index contributed by atoms with van der Waals surface area (Å²) in [6.07, 6.45) is 2.02. The van der Waals surface area contributed by atoms with Crippen molar-refractivity contribution in [1.29, 1.82) is 0 Å². The molecular weight excluding hydrogens is 143 g/mol. The molecule has 0 saturated carbocycles. The monoisotopic (exact) mass is 154 g/mol. The van der Waals surface area contributed by atoms with Gasteiger partial charge >= 0.3 is 57.4 Å². The normalized spacial score (nSPS) is 7.22. The summed E-state index contributed by atoms with van der Waals surface area (Å²) in [4.78, 5) is 10.2. The Hall–Kier alpha value is 0.846. The molecule has 2 nitrogen and oxygen atoms in total. The molecule has 0 aromatic heterocycles. The van der Waals surface area contributed by atoms with Crippen LogP contribution in [-0.4, -0.2) is 12.6 Å². The van der Waals surface area contributed by atoms with E-state index in [0.717, 1.165) is 12.5 Å². The van der Waals surface area contributed by atoms with E-state index in [1.54, 1.807) is 0 Å². The van der Waals surface area contributed by atoms with Gasteiger partial charge in [-0.25, -0.2) is 4.79 Å². The molecule has 3 heteroatoms. The SMILES string of the molecule is C=CC(=O)OCCC.[H-].[K+]. The van der Waals surface area contributed by atoms with Crippen LogP contribution >= 0.6 is 0 Å². The molecule has 0 aromatic rings. The fourth-order valence-corrected chi connectivity index (χ4v) is 0.262. The van der Waals surface area contributed by atoms with Crippen LogP contribution in [0.2, 0.25) is 0 Å². The molecule has 0 N–H and O–H groups in total. The van der Waals surface area contributed by atoms with Gasteiger partial charge in [0, 0.05) is 6.08 Å². The van der Waals surface area contributed by atoms with E-state index >= 15 is 0 Å². The molecule has 0 bridgehead atoms. The van der Waals surface area contributed by atoms with Gasteiger partial charge in [-0.15, -0.1) is 0 Å². The average Bonchev–Trinajstić information content (AvgIpc) is 1.83. The van der Waals surface area contributed by atoms with Gasteiger partial charge in [0.2, 0.25) is 0 Å². The minimum absolute atomic E-state index is 0.